The van der Waals surface area contributed by atoms with Crippen LogP contribution in [0.5, 0.6) is 0 Å². The van der Waals surface area contributed by atoms with Gasteiger partial charge in [0.2, 0.25) is 11.8 Å². The van der Waals surface area contributed by atoms with E-state index in [9.17, 15) is 22.4 Å². The molecule has 0 aromatic heterocycles. The first-order chi connectivity index (χ1) is 18.3. The summed E-state index contributed by atoms with van der Waals surface area (Å²) in [5, 5.41) is 2.81. The quantitative estimate of drug-likeness (QED) is 0.387. The number of aryl methyl sites for hydroxylation is 2. The van der Waals surface area contributed by atoms with E-state index in [2.05, 4.69) is 5.32 Å². The van der Waals surface area contributed by atoms with Crippen molar-refractivity contribution in [2.75, 3.05) is 10.8 Å². The summed E-state index contributed by atoms with van der Waals surface area (Å²) in [6, 6.07) is 16.3. The van der Waals surface area contributed by atoms with Crippen molar-refractivity contribution in [1.29, 1.82) is 0 Å². The fourth-order valence-corrected chi connectivity index (χ4v) is 5.60. The van der Waals surface area contributed by atoms with Crippen LogP contribution in [0.15, 0.2) is 71.6 Å². The van der Waals surface area contributed by atoms with Crippen LogP contribution in [0.2, 0.25) is 0 Å². The molecule has 0 radical (unpaired) electrons. The van der Waals surface area contributed by atoms with Crippen molar-refractivity contribution in [1.82, 2.24) is 10.2 Å². The smallest absolute Gasteiger partial charge is 0.264 e. The van der Waals surface area contributed by atoms with E-state index in [0.717, 1.165) is 21.0 Å². The summed E-state index contributed by atoms with van der Waals surface area (Å²) in [5.74, 6) is -1.37. The Morgan fingerprint density at radius 3 is 2.10 bits per heavy atom. The van der Waals surface area contributed by atoms with Crippen LogP contribution in [-0.2, 0) is 26.2 Å². The summed E-state index contributed by atoms with van der Waals surface area (Å²) in [7, 11) is -4.15. The highest BCUT2D eigenvalue weighted by atomic mass is 32.2. The largest absolute Gasteiger partial charge is 0.352 e. The van der Waals surface area contributed by atoms with Crippen LogP contribution in [0.25, 0.3) is 0 Å². The second-order valence-corrected chi connectivity index (χ2v) is 11.9. The molecule has 3 aromatic carbocycles. The number of sulfonamides is 1. The summed E-state index contributed by atoms with van der Waals surface area (Å²) in [4.78, 5) is 28.3. The Kier molecular flexibility index (Phi) is 9.50. The standard InChI is InChI=1S/C30H36FN3O4S/c1-20(2)32-30(36)24(6)33(18-25-12-14-26(31)15-13-25)29(35)19-34(28-9-7-8-22(4)23(28)5)39(37,38)27-16-10-21(3)11-17-27/h7-17,20,24H,18-19H2,1-6H3,(H,32,36)/t24-/m0/s1. The lowest BCUT2D eigenvalue weighted by Gasteiger charge is -2.33. The van der Waals surface area contributed by atoms with Gasteiger partial charge in [0.15, 0.2) is 0 Å². The summed E-state index contributed by atoms with van der Waals surface area (Å²) in [6.07, 6.45) is 0. The number of rotatable bonds is 10. The highest BCUT2D eigenvalue weighted by Gasteiger charge is 2.33. The van der Waals surface area contributed by atoms with Gasteiger partial charge in [-0.05, 0) is 88.6 Å². The molecule has 0 bridgehead atoms. The van der Waals surface area contributed by atoms with Crippen LogP contribution in [0.1, 0.15) is 43.0 Å². The van der Waals surface area contributed by atoms with Gasteiger partial charge in [0.1, 0.15) is 18.4 Å². The third-order valence-corrected chi connectivity index (χ3v) is 8.37. The van der Waals surface area contributed by atoms with Gasteiger partial charge in [-0.1, -0.05) is 42.0 Å². The minimum Gasteiger partial charge on any atom is -0.352 e. The van der Waals surface area contributed by atoms with Gasteiger partial charge in [-0.15, -0.1) is 0 Å². The van der Waals surface area contributed by atoms with Gasteiger partial charge in [-0.2, -0.15) is 0 Å². The Hall–Kier alpha value is -3.72. The third-order valence-electron chi connectivity index (χ3n) is 6.60. The number of benzene rings is 3. The number of hydrogen-bond acceptors (Lipinski definition) is 4. The lowest BCUT2D eigenvalue weighted by molar-refractivity contribution is -0.139. The second-order valence-electron chi connectivity index (χ2n) is 10.0. The molecule has 0 heterocycles. The molecule has 0 spiro atoms. The molecule has 0 aliphatic rings. The highest BCUT2D eigenvalue weighted by molar-refractivity contribution is 7.92. The molecule has 0 fully saturated rings. The molecule has 0 unspecified atom stereocenters. The van der Waals surface area contributed by atoms with E-state index in [4.69, 9.17) is 0 Å². The lowest BCUT2D eigenvalue weighted by Crippen LogP contribution is -2.52. The van der Waals surface area contributed by atoms with E-state index in [1.807, 2.05) is 40.7 Å². The van der Waals surface area contributed by atoms with E-state index >= 15 is 0 Å². The first-order valence-corrected chi connectivity index (χ1v) is 14.2. The van der Waals surface area contributed by atoms with Gasteiger partial charge in [-0.25, -0.2) is 12.8 Å². The minimum atomic E-state index is -4.15. The van der Waals surface area contributed by atoms with Crippen LogP contribution in [0, 0.1) is 26.6 Å². The van der Waals surface area contributed by atoms with Crippen LogP contribution in [-0.4, -0.2) is 43.8 Å². The van der Waals surface area contributed by atoms with Crippen molar-refractivity contribution in [3.05, 3.63) is 94.8 Å². The lowest BCUT2D eigenvalue weighted by atomic mass is 10.1. The van der Waals surface area contributed by atoms with Gasteiger partial charge in [0.25, 0.3) is 10.0 Å². The van der Waals surface area contributed by atoms with Crippen molar-refractivity contribution < 1.29 is 22.4 Å². The molecular weight excluding hydrogens is 517 g/mol. The zero-order valence-corrected chi connectivity index (χ0v) is 24.0. The zero-order valence-electron chi connectivity index (χ0n) is 23.2. The number of nitrogens with zero attached hydrogens (tertiary/aromatic N) is 2. The average molecular weight is 554 g/mol. The van der Waals surface area contributed by atoms with Crippen LogP contribution >= 0.6 is 0 Å². The minimum absolute atomic E-state index is 0.00296. The van der Waals surface area contributed by atoms with E-state index in [1.165, 1.54) is 41.3 Å². The molecule has 3 rings (SSSR count). The van der Waals surface area contributed by atoms with Gasteiger partial charge in [-0.3, -0.25) is 13.9 Å². The summed E-state index contributed by atoms with van der Waals surface area (Å²) >= 11 is 0. The summed E-state index contributed by atoms with van der Waals surface area (Å²) in [5.41, 5.74) is 3.48. The number of hydrogen-bond donors (Lipinski definition) is 1. The number of carbonyl (C=O) groups excluding carboxylic acids is 2. The maximum absolute atomic E-state index is 13.9. The average Bonchev–Trinajstić information content (AvgIpc) is 2.88. The monoisotopic (exact) mass is 553 g/mol. The van der Waals surface area contributed by atoms with E-state index in [0.29, 0.717) is 11.3 Å². The molecule has 1 N–H and O–H groups in total. The number of anilines is 1. The van der Waals surface area contributed by atoms with Crippen molar-refractivity contribution in [3.63, 3.8) is 0 Å². The summed E-state index contributed by atoms with van der Waals surface area (Å²) in [6.45, 7) is 10.2. The van der Waals surface area contributed by atoms with Crippen LogP contribution < -0.4 is 9.62 Å². The molecule has 0 saturated heterocycles. The molecule has 208 valence electrons. The first-order valence-electron chi connectivity index (χ1n) is 12.8. The van der Waals surface area contributed by atoms with Crippen molar-refractivity contribution in [2.24, 2.45) is 0 Å². The number of amides is 2. The molecule has 39 heavy (non-hydrogen) atoms. The fraction of sp³-hybridized carbons (Fsp3) is 0.333. The molecule has 3 aromatic rings. The maximum atomic E-state index is 13.9. The van der Waals surface area contributed by atoms with Crippen LogP contribution in [0.3, 0.4) is 0 Å². The first kappa shape index (κ1) is 29.8. The van der Waals surface area contributed by atoms with Crippen LogP contribution in [0.4, 0.5) is 10.1 Å². The van der Waals surface area contributed by atoms with Gasteiger partial charge < -0.3 is 10.2 Å². The van der Waals surface area contributed by atoms with Crippen molar-refractivity contribution in [3.8, 4) is 0 Å². The highest BCUT2D eigenvalue weighted by Crippen LogP contribution is 2.29. The molecule has 1 atom stereocenters. The molecular formula is C30H36FN3O4S. The molecule has 7 nitrogen and oxygen atoms in total. The van der Waals surface area contributed by atoms with Gasteiger partial charge in [0, 0.05) is 12.6 Å². The second kappa shape index (κ2) is 12.4. The Morgan fingerprint density at radius 2 is 1.51 bits per heavy atom. The van der Waals surface area contributed by atoms with Gasteiger partial charge in [0.05, 0.1) is 10.6 Å². The predicted octanol–water partition coefficient (Wildman–Crippen LogP) is 4.89. The van der Waals surface area contributed by atoms with E-state index in [1.54, 1.807) is 31.2 Å². The van der Waals surface area contributed by atoms with Crippen molar-refractivity contribution >= 4 is 27.5 Å². The maximum Gasteiger partial charge on any atom is 0.264 e. The fourth-order valence-electron chi connectivity index (χ4n) is 4.13. The third kappa shape index (κ3) is 7.23. The molecule has 0 aliphatic carbocycles. The molecule has 0 saturated carbocycles. The number of nitrogens with one attached hydrogen (secondary N) is 1. The Balaban J connectivity index is 2.07. The van der Waals surface area contributed by atoms with E-state index in [-0.39, 0.29) is 23.4 Å². The Bertz CT molecular complexity index is 1420. The molecule has 0 aliphatic heterocycles. The number of halogens is 1. The normalized spacial score (nSPS) is 12.2. The number of carbonyl (C=O) groups is 2. The van der Waals surface area contributed by atoms with E-state index < -0.39 is 34.3 Å². The molecule has 9 heteroatoms. The molecule has 2 amide bonds. The zero-order chi connectivity index (χ0) is 28.9. The Labute approximate surface area is 230 Å². The summed E-state index contributed by atoms with van der Waals surface area (Å²) < 4.78 is 42.5. The SMILES string of the molecule is Cc1ccc(S(=O)(=O)N(CC(=O)N(Cc2ccc(F)cc2)[C@@H](C)C(=O)NC(C)C)c2cccc(C)c2C)cc1. The topological polar surface area (TPSA) is 86.8 Å². The predicted molar refractivity (Wildman–Crippen MR) is 151 cm³/mol. The van der Waals surface area contributed by atoms with Crippen molar-refractivity contribution in [2.45, 2.75) is 65.1 Å². The van der Waals surface area contributed by atoms with Gasteiger partial charge >= 0.3 is 0 Å². The Morgan fingerprint density at radius 1 is 0.897 bits per heavy atom.